The molecule has 3 aromatic rings. The van der Waals surface area contributed by atoms with Crippen LogP contribution in [0.4, 0.5) is 5.00 Å². The minimum absolute atomic E-state index is 0.0812. The third kappa shape index (κ3) is 7.59. The van der Waals surface area contributed by atoms with E-state index in [-0.39, 0.29) is 35.9 Å². The molecule has 1 aliphatic rings. The van der Waals surface area contributed by atoms with E-state index in [0.29, 0.717) is 35.1 Å². The number of nitrogens with zero attached hydrogens (tertiary/aromatic N) is 2. The highest BCUT2D eigenvalue weighted by Gasteiger charge is 2.26. The van der Waals surface area contributed by atoms with Crippen molar-refractivity contribution in [1.82, 2.24) is 4.57 Å². The summed E-state index contributed by atoms with van der Waals surface area (Å²) in [6.07, 6.45) is 4.97. The molecule has 8 nitrogen and oxygen atoms in total. The van der Waals surface area contributed by atoms with Gasteiger partial charge in [0.05, 0.1) is 40.5 Å². The maximum atomic E-state index is 12.8. The zero-order valence-electron chi connectivity index (χ0n) is 22.7. The van der Waals surface area contributed by atoms with Gasteiger partial charge >= 0.3 is 5.97 Å². The number of hydrogen-bond acceptors (Lipinski definition) is 8. The van der Waals surface area contributed by atoms with Crippen molar-refractivity contribution in [3.63, 3.8) is 0 Å². The number of aryl methyl sites for hydroxylation is 2. The number of nitrogens with one attached hydrogen (secondary N) is 1. The molecule has 0 unspecified atom stereocenters. The van der Waals surface area contributed by atoms with Crippen molar-refractivity contribution in [1.29, 1.82) is 0 Å². The van der Waals surface area contributed by atoms with Crippen LogP contribution in [0, 0.1) is 6.92 Å². The van der Waals surface area contributed by atoms with Gasteiger partial charge in [0.1, 0.15) is 5.00 Å². The second kappa shape index (κ2) is 14.2. The fourth-order valence-electron chi connectivity index (χ4n) is 4.56. The van der Waals surface area contributed by atoms with Crippen LogP contribution in [0.15, 0.2) is 23.2 Å². The Kier molecular flexibility index (Phi) is 10.8. The standard InChI is InChI=1S/C28H35N3O5S3/c1-4-35-14-13-31-20-12-11-18(3)15-22(20)39-28(31)30-24(33)17-37-16-23(32)29-26-25(27(34)36-5-2)19-9-7-6-8-10-21(19)38-26/h11-12,15H,4-10,13-14,16-17H2,1-3H3,(H,29,32). The minimum atomic E-state index is -0.384. The Bertz CT molecular complexity index is 1410. The van der Waals surface area contributed by atoms with E-state index in [1.54, 1.807) is 6.92 Å². The third-order valence-corrected chi connectivity index (χ3v) is 9.50. The van der Waals surface area contributed by atoms with Gasteiger partial charge in [-0.2, -0.15) is 4.99 Å². The number of thioether (sulfide) groups is 1. The molecule has 11 heteroatoms. The minimum Gasteiger partial charge on any atom is -0.462 e. The molecule has 1 aliphatic carbocycles. The summed E-state index contributed by atoms with van der Waals surface area (Å²) < 4.78 is 13.9. The van der Waals surface area contributed by atoms with E-state index in [9.17, 15) is 14.4 Å². The first-order chi connectivity index (χ1) is 18.9. The van der Waals surface area contributed by atoms with Crippen molar-refractivity contribution in [2.45, 2.75) is 59.4 Å². The molecule has 0 atom stereocenters. The number of hydrogen-bond donors (Lipinski definition) is 1. The van der Waals surface area contributed by atoms with Crippen molar-refractivity contribution < 1.29 is 23.9 Å². The summed E-state index contributed by atoms with van der Waals surface area (Å²) in [7, 11) is 0. The lowest BCUT2D eigenvalue weighted by atomic mass is 10.1. The second-order valence-electron chi connectivity index (χ2n) is 9.24. The maximum absolute atomic E-state index is 12.8. The quantitative estimate of drug-likeness (QED) is 0.184. The Balaban J connectivity index is 1.41. The number of rotatable bonds is 11. The number of esters is 1. The smallest absolute Gasteiger partial charge is 0.341 e. The van der Waals surface area contributed by atoms with Gasteiger partial charge in [-0.15, -0.1) is 23.1 Å². The lowest BCUT2D eigenvalue weighted by molar-refractivity contribution is -0.115. The number of carbonyl (C=O) groups excluding carboxylic acids is 3. The van der Waals surface area contributed by atoms with Gasteiger partial charge in [-0.25, -0.2) is 4.79 Å². The molecular formula is C28H35N3O5S3. The first-order valence-electron chi connectivity index (χ1n) is 13.4. The Morgan fingerprint density at radius 2 is 1.90 bits per heavy atom. The summed E-state index contributed by atoms with van der Waals surface area (Å²) in [6, 6.07) is 6.18. The second-order valence-corrected chi connectivity index (χ2v) is 12.3. The van der Waals surface area contributed by atoms with Crippen molar-refractivity contribution in [2.24, 2.45) is 4.99 Å². The van der Waals surface area contributed by atoms with E-state index in [0.717, 1.165) is 58.3 Å². The van der Waals surface area contributed by atoms with Gasteiger partial charge in [-0.05, 0) is 69.7 Å². The molecule has 210 valence electrons. The normalized spacial score (nSPS) is 13.8. The summed E-state index contributed by atoms with van der Waals surface area (Å²) in [5, 5.41) is 3.47. The van der Waals surface area contributed by atoms with Gasteiger partial charge in [-0.3, -0.25) is 9.59 Å². The summed E-state index contributed by atoms with van der Waals surface area (Å²) in [4.78, 5) is 44.4. The molecule has 2 amide bonds. The van der Waals surface area contributed by atoms with Crippen molar-refractivity contribution in [3.05, 3.63) is 44.6 Å². The Hall–Kier alpha value is -2.47. The van der Waals surface area contributed by atoms with Gasteiger partial charge < -0.3 is 19.4 Å². The predicted molar refractivity (Wildman–Crippen MR) is 159 cm³/mol. The van der Waals surface area contributed by atoms with Crippen LogP contribution >= 0.6 is 34.4 Å². The van der Waals surface area contributed by atoms with Crippen LogP contribution in [-0.2, 0) is 38.4 Å². The molecule has 1 N–H and O–H groups in total. The Morgan fingerprint density at radius 3 is 2.69 bits per heavy atom. The van der Waals surface area contributed by atoms with E-state index in [4.69, 9.17) is 9.47 Å². The lowest BCUT2D eigenvalue weighted by Gasteiger charge is -2.08. The molecule has 0 saturated heterocycles. The number of amides is 2. The van der Waals surface area contributed by atoms with Crippen LogP contribution < -0.4 is 10.1 Å². The van der Waals surface area contributed by atoms with Crippen LogP contribution in [0.5, 0.6) is 0 Å². The SMILES string of the molecule is CCOCCn1c(=NC(=O)CSCC(=O)Nc2sc3c(c2C(=O)OCC)CCCCC3)sc2cc(C)ccc21. The molecule has 0 radical (unpaired) electrons. The predicted octanol–water partition coefficient (Wildman–Crippen LogP) is 5.35. The Labute approximate surface area is 240 Å². The number of aromatic nitrogens is 1. The van der Waals surface area contributed by atoms with E-state index in [1.807, 2.05) is 30.5 Å². The summed E-state index contributed by atoms with van der Waals surface area (Å²) >= 11 is 4.16. The van der Waals surface area contributed by atoms with Crippen molar-refractivity contribution >= 4 is 67.4 Å². The molecule has 1 aromatic carbocycles. The summed E-state index contributed by atoms with van der Waals surface area (Å²) in [5.41, 5.74) is 3.69. The molecular weight excluding hydrogens is 555 g/mol. The maximum Gasteiger partial charge on any atom is 0.341 e. The van der Waals surface area contributed by atoms with Crippen LogP contribution in [0.3, 0.4) is 0 Å². The Morgan fingerprint density at radius 1 is 1.08 bits per heavy atom. The number of ether oxygens (including phenoxy) is 2. The largest absolute Gasteiger partial charge is 0.462 e. The lowest BCUT2D eigenvalue weighted by Crippen LogP contribution is -2.21. The monoisotopic (exact) mass is 589 g/mol. The van der Waals surface area contributed by atoms with Gasteiger partial charge in [0.2, 0.25) is 5.91 Å². The molecule has 4 rings (SSSR count). The van der Waals surface area contributed by atoms with Crippen molar-refractivity contribution in [2.75, 3.05) is 36.6 Å². The highest BCUT2D eigenvalue weighted by atomic mass is 32.2. The van der Waals surface area contributed by atoms with Crippen LogP contribution in [0.2, 0.25) is 0 Å². The number of thiazole rings is 1. The zero-order chi connectivity index (χ0) is 27.8. The average Bonchev–Trinajstić information content (AvgIpc) is 3.30. The topological polar surface area (TPSA) is 99.0 Å². The molecule has 0 bridgehead atoms. The van der Waals surface area contributed by atoms with Crippen LogP contribution in [0.1, 0.15) is 59.5 Å². The fraction of sp³-hybridized carbons (Fsp3) is 0.500. The number of fused-ring (bicyclic) bond motifs is 2. The third-order valence-electron chi connectivity index (χ3n) is 6.33. The molecule has 0 aliphatic heterocycles. The molecule has 2 aromatic heterocycles. The van der Waals surface area contributed by atoms with Gasteiger partial charge in [-0.1, -0.05) is 23.8 Å². The fourth-order valence-corrected chi connectivity index (χ4v) is 7.63. The molecule has 39 heavy (non-hydrogen) atoms. The van der Waals surface area contributed by atoms with Crippen LogP contribution in [0.25, 0.3) is 10.2 Å². The van der Waals surface area contributed by atoms with Gasteiger partial charge in [0.15, 0.2) is 4.80 Å². The average molecular weight is 590 g/mol. The number of thiophene rings is 1. The van der Waals surface area contributed by atoms with Gasteiger partial charge in [0, 0.05) is 18.0 Å². The van der Waals surface area contributed by atoms with E-state index < -0.39 is 0 Å². The van der Waals surface area contributed by atoms with E-state index >= 15 is 0 Å². The van der Waals surface area contributed by atoms with Crippen LogP contribution in [-0.4, -0.2) is 53.7 Å². The highest BCUT2D eigenvalue weighted by molar-refractivity contribution is 8.00. The summed E-state index contributed by atoms with van der Waals surface area (Å²) in [5.74, 6) is -0.764. The first kappa shape index (κ1) is 29.5. The molecule has 2 heterocycles. The molecule has 0 spiro atoms. The summed E-state index contributed by atoms with van der Waals surface area (Å²) in [6.45, 7) is 7.81. The van der Waals surface area contributed by atoms with E-state index in [2.05, 4.69) is 16.4 Å². The van der Waals surface area contributed by atoms with E-state index in [1.165, 1.54) is 34.4 Å². The zero-order valence-corrected chi connectivity index (χ0v) is 25.1. The number of carbonyl (C=O) groups is 3. The van der Waals surface area contributed by atoms with Gasteiger partial charge in [0.25, 0.3) is 5.91 Å². The first-order valence-corrected chi connectivity index (χ1v) is 16.1. The molecule has 0 saturated carbocycles. The number of anilines is 1. The van der Waals surface area contributed by atoms with Crippen molar-refractivity contribution in [3.8, 4) is 0 Å². The number of benzene rings is 1. The highest BCUT2D eigenvalue weighted by Crippen LogP contribution is 2.38. The molecule has 0 fully saturated rings.